The molecule has 0 amide bonds. The molecule has 5 heteroatoms. The second-order valence-electron chi connectivity index (χ2n) is 7.46. The molecule has 0 radical (unpaired) electrons. The van der Waals surface area contributed by atoms with E-state index in [0.717, 1.165) is 18.4 Å². The number of piperidine rings is 1. The van der Waals surface area contributed by atoms with Gasteiger partial charge in [0.15, 0.2) is 0 Å². The van der Waals surface area contributed by atoms with Gasteiger partial charge in [0.1, 0.15) is 12.0 Å². The predicted octanol–water partition coefficient (Wildman–Crippen LogP) is -0.142. The van der Waals surface area contributed by atoms with Crippen molar-refractivity contribution in [3.8, 4) is 0 Å². The molecule has 1 N–H and O–H groups in total. The van der Waals surface area contributed by atoms with Gasteiger partial charge in [0.2, 0.25) is 0 Å². The molecule has 25 heavy (non-hydrogen) atoms. The Hall–Kier alpha value is -0.910. The predicted molar refractivity (Wildman–Crippen MR) is 93.5 cm³/mol. The number of esters is 1. The summed E-state index contributed by atoms with van der Waals surface area (Å²) >= 11 is 0. The zero-order valence-electron chi connectivity index (χ0n) is 17.9. The molecule has 2 saturated heterocycles. The van der Waals surface area contributed by atoms with Gasteiger partial charge in [-0.1, -0.05) is 30.3 Å². The number of fused-ring (bicyclic) bond motifs is 2. The van der Waals surface area contributed by atoms with Crippen molar-refractivity contribution in [2.45, 2.75) is 69.6 Å². The molecule has 2 heterocycles. The summed E-state index contributed by atoms with van der Waals surface area (Å²) in [5.41, 5.74) is 0.750. The van der Waals surface area contributed by atoms with Crippen LogP contribution >= 0.6 is 0 Å². The second kappa shape index (κ2) is 8.19. The lowest BCUT2D eigenvalue weighted by molar-refractivity contribution is -0.968. The van der Waals surface area contributed by atoms with Crippen molar-refractivity contribution < 1.29 is 40.2 Å². The van der Waals surface area contributed by atoms with Crippen molar-refractivity contribution in [3.05, 3.63) is 35.9 Å². The number of nitrogens with zero attached hydrogens (tertiary/aromatic N) is 1. The van der Waals surface area contributed by atoms with Crippen molar-refractivity contribution in [3.63, 3.8) is 0 Å². The summed E-state index contributed by atoms with van der Waals surface area (Å²) in [6.07, 6.45) is 3.11. The molecule has 140 valence electrons. The molecule has 0 aliphatic carbocycles. The summed E-state index contributed by atoms with van der Waals surface area (Å²) in [5, 5.41) is 9.67. The summed E-state index contributed by atoms with van der Waals surface area (Å²) in [6, 6.07) is 9.14. The third-order valence-electron chi connectivity index (χ3n) is 6.26. The number of carbonyl (C=O) groups excluding carboxylic acids is 1. The molecule has 2 aliphatic heterocycles. The zero-order chi connectivity index (χ0) is 19.8. The number of ether oxygens (including phenoxy) is 1. The monoisotopic (exact) mass is 414 g/mol. The van der Waals surface area contributed by atoms with Gasteiger partial charge < -0.3 is 31.3 Å². The number of carbonyl (C=O) groups is 1. The summed E-state index contributed by atoms with van der Waals surface area (Å²) in [6.45, 7) is -0.456. The molecule has 1 aromatic rings. The molecule has 4 nitrogen and oxygen atoms in total. The molecule has 4 unspecified atom stereocenters. The van der Waals surface area contributed by atoms with Gasteiger partial charge in [-0.25, -0.2) is 0 Å². The van der Waals surface area contributed by atoms with Gasteiger partial charge in [0.25, 0.3) is 0 Å². The quantitative estimate of drug-likeness (QED) is 0.538. The first-order chi connectivity index (χ1) is 12.7. The van der Waals surface area contributed by atoms with Gasteiger partial charge in [-0.05, 0) is 19.3 Å². The Labute approximate surface area is 165 Å². The summed E-state index contributed by atoms with van der Waals surface area (Å²) in [4.78, 5) is 12.7. The van der Waals surface area contributed by atoms with Crippen LogP contribution in [0.5, 0.6) is 0 Å². The Morgan fingerprint density at radius 2 is 1.92 bits per heavy atom. The maximum absolute atomic E-state index is 12.7. The SMILES string of the molecule is [2H]C([2H])([2H])C(C)[N+]1(C)C2CCC1CC(OC(=O)C(CO)c1ccccc1)C2.[Br-]. The van der Waals surface area contributed by atoms with Gasteiger partial charge in [-0.15, -0.1) is 0 Å². The first kappa shape index (κ1) is 16.3. The molecular formula is C20H30BrNO3. The van der Waals surface area contributed by atoms with Crippen LogP contribution in [0.2, 0.25) is 0 Å². The molecule has 1 aromatic carbocycles. The highest BCUT2D eigenvalue weighted by atomic mass is 79.9. The van der Waals surface area contributed by atoms with E-state index in [2.05, 4.69) is 7.05 Å². The van der Waals surface area contributed by atoms with Crippen LogP contribution in [0, 0.1) is 0 Å². The molecule has 0 spiro atoms. The highest BCUT2D eigenvalue weighted by molar-refractivity contribution is 5.78. The van der Waals surface area contributed by atoms with E-state index >= 15 is 0 Å². The average molecular weight is 415 g/mol. The fourth-order valence-corrected chi connectivity index (χ4v) is 4.61. The maximum Gasteiger partial charge on any atom is 0.316 e. The van der Waals surface area contributed by atoms with E-state index in [1.165, 1.54) is 0 Å². The van der Waals surface area contributed by atoms with Crippen LogP contribution in [0.1, 0.15) is 55.1 Å². The van der Waals surface area contributed by atoms with Crippen molar-refractivity contribution in [2.24, 2.45) is 0 Å². The normalized spacial score (nSPS) is 35.5. The van der Waals surface area contributed by atoms with Crippen molar-refractivity contribution >= 4 is 5.97 Å². The number of benzene rings is 1. The van der Waals surface area contributed by atoms with Crippen LogP contribution in [0.3, 0.4) is 0 Å². The van der Waals surface area contributed by atoms with E-state index < -0.39 is 24.8 Å². The Morgan fingerprint density at radius 1 is 1.32 bits per heavy atom. The lowest BCUT2D eigenvalue weighted by Gasteiger charge is -2.49. The Balaban J connectivity index is 0.00000280. The first-order valence-corrected chi connectivity index (χ1v) is 8.89. The van der Waals surface area contributed by atoms with E-state index in [-0.39, 0.29) is 41.8 Å². The van der Waals surface area contributed by atoms with Crippen LogP contribution in [0.15, 0.2) is 30.3 Å². The first-order valence-electron chi connectivity index (χ1n) is 10.4. The van der Waals surface area contributed by atoms with Crippen LogP contribution in [-0.4, -0.2) is 53.4 Å². The van der Waals surface area contributed by atoms with Crippen molar-refractivity contribution in [2.75, 3.05) is 13.7 Å². The van der Waals surface area contributed by atoms with Gasteiger partial charge in [0, 0.05) is 29.8 Å². The largest absolute Gasteiger partial charge is 1.00 e. The number of quaternary nitrogens is 1. The molecule has 2 fully saturated rings. The van der Waals surface area contributed by atoms with E-state index in [9.17, 15) is 9.90 Å². The minimum absolute atomic E-state index is 0. The average Bonchev–Trinajstić information content (AvgIpc) is 2.80. The van der Waals surface area contributed by atoms with Crippen molar-refractivity contribution in [1.29, 1.82) is 0 Å². The van der Waals surface area contributed by atoms with Crippen LogP contribution in [-0.2, 0) is 9.53 Å². The third-order valence-corrected chi connectivity index (χ3v) is 6.26. The minimum Gasteiger partial charge on any atom is -1.00 e. The van der Waals surface area contributed by atoms with Crippen LogP contribution in [0.25, 0.3) is 0 Å². The fourth-order valence-electron chi connectivity index (χ4n) is 4.61. The van der Waals surface area contributed by atoms with Gasteiger partial charge in [-0.3, -0.25) is 4.79 Å². The zero-order valence-corrected chi connectivity index (χ0v) is 16.5. The van der Waals surface area contributed by atoms with E-state index in [1.54, 1.807) is 0 Å². The molecule has 2 aliphatic rings. The number of aliphatic hydroxyl groups excluding tert-OH is 1. The summed E-state index contributed by atoms with van der Waals surface area (Å²) in [7, 11) is 2.05. The van der Waals surface area contributed by atoms with Crippen LogP contribution < -0.4 is 17.0 Å². The number of halogens is 1. The lowest BCUT2D eigenvalue weighted by Crippen LogP contribution is -3.00. The van der Waals surface area contributed by atoms with Crippen LogP contribution in [0.4, 0.5) is 0 Å². The van der Waals surface area contributed by atoms with E-state index in [4.69, 9.17) is 8.85 Å². The third kappa shape index (κ3) is 3.79. The number of rotatable bonds is 5. The second-order valence-corrected chi connectivity index (χ2v) is 7.46. The standard InChI is InChI=1S/C20H30NO3.BrH/c1-14(2)21(3)16-9-10-17(21)12-18(11-16)24-20(23)19(13-22)15-7-5-4-6-8-15;/h4-8,14,16-19,22H,9-13H2,1-3H3;1H/q+1;/p-1/i1D3;. The Morgan fingerprint density at radius 3 is 2.44 bits per heavy atom. The highest BCUT2D eigenvalue weighted by Gasteiger charge is 2.53. The topological polar surface area (TPSA) is 46.5 Å². The Kier molecular flexibility index (Phi) is 5.33. The number of aliphatic hydroxyl groups is 1. The summed E-state index contributed by atoms with van der Waals surface area (Å²) < 4.78 is 29.9. The molecule has 3 rings (SSSR count). The smallest absolute Gasteiger partial charge is 0.316 e. The maximum atomic E-state index is 12.7. The molecular weight excluding hydrogens is 382 g/mol. The molecule has 4 atom stereocenters. The molecule has 2 bridgehead atoms. The number of hydrogen-bond donors (Lipinski definition) is 1. The van der Waals surface area contributed by atoms with Gasteiger partial charge in [0.05, 0.1) is 31.8 Å². The molecule has 0 aromatic heterocycles. The number of hydrogen-bond acceptors (Lipinski definition) is 3. The highest BCUT2D eigenvalue weighted by Crippen LogP contribution is 2.44. The Bertz CT molecular complexity index is 656. The minimum atomic E-state index is -1.99. The lowest BCUT2D eigenvalue weighted by atomic mass is 9.94. The van der Waals surface area contributed by atoms with Crippen molar-refractivity contribution in [1.82, 2.24) is 0 Å². The van der Waals surface area contributed by atoms with Gasteiger partial charge >= 0.3 is 5.97 Å². The van der Waals surface area contributed by atoms with E-state index in [0.29, 0.717) is 17.3 Å². The van der Waals surface area contributed by atoms with E-state index in [1.807, 2.05) is 37.3 Å². The molecule has 0 saturated carbocycles. The fraction of sp³-hybridized carbons (Fsp3) is 0.650. The van der Waals surface area contributed by atoms with Gasteiger partial charge in [-0.2, -0.15) is 0 Å². The summed E-state index contributed by atoms with van der Waals surface area (Å²) in [5.74, 6) is -1.07.